The summed E-state index contributed by atoms with van der Waals surface area (Å²) in [7, 11) is 0. The molecule has 7 heteroatoms. The molecule has 4 nitrogen and oxygen atoms in total. The van der Waals surface area contributed by atoms with Gasteiger partial charge in [0.1, 0.15) is 0 Å². The van der Waals surface area contributed by atoms with Crippen LogP contribution in [0.2, 0.25) is 10.0 Å². The third-order valence-corrected chi connectivity index (χ3v) is 4.23. The second kappa shape index (κ2) is 5.52. The van der Waals surface area contributed by atoms with Crippen LogP contribution >= 0.6 is 34.5 Å². The van der Waals surface area contributed by atoms with Gasteiger partial charge in [-0.25, -0.2) is 4.98 Å². The highest BCUT2D eigenvalue weighted by Gasteiger charge is 2.13. The summed E-state index contributed by atoms with van der Waals surface area (Å²) in [5, 5.41) is 4.28. The van der Waals surface area contributed by atoms with Gasteiger partial charge in [0.25, 0.3) is 5.91 Å². The quantitative estimate of drug-likeness (QED) is 0.679. The molecule has 0 unspecified atom stereocenters. The Kier molecular flexibility index (Phi) is 3.71. The number of thiazole rings is 1. The van der Waals surface area contributed by atoms with E-state index in [9.17, 15) is 4.79 Å². The van der Waals surface area contributed by atoms with Crippen molar-refractivity contribution < 1.29 is 4.79 Å². The smallest absolute Gasteiger partial charge is 0.259 e. The van der Waals surface area contributed by atoms with Crippen LogP contribution in [0.15, 0.2) is 36.4 Å². The highest BCUT2D eigenvalue weighted by molar-refractivity contribution is 7.22. The maximum Gasteiger partial charge on any atom is 0.259 e. The van der Waals surface area contributed by atoms with Gasteiger partial charge >= 0.3 is 0 Å². The van der Waals surface area contributed by atoms with E-state index in [4.69, 9.17) is 28.9 Å². The molecule has 0 saturated heterocycles. The summed E-state index contributed by atoms with van der Waals surface area (Å²) < 4.78 is 0.900. The molecule has 3 rings (SSSR count). The number of aromatic nitrogens is 1. The minimum Gasteiger partial charge on any atom is -0.398 e. The Morgan fingerprint density at radius 3 is 2.67 bits per heavy atom. The molecule has 0 spiro atoms. The molecule has 0 aliphatic rings. The number of nitrogens with one attached hydrogen (secondary N) is 1. The van der Waals surface area contributed by atoms with Crippen molar-refractivity contribution >= 4 is 61.5 Å². The number of fused-ring (bicyclic) bond motifs is 1. The Morgan fingerprint density at radius 1 is 1.14 bits per heavy atom. The van der Waals surface area contributed by atoms with Gasteiger partial charge in [0, 0.05) is 15.7 Å². The predicted molar refractivity (Wildman–Crippen MR) is 88.4 cm³/mol. The summed E-state index contributed by atoms with van der Waals surface area (Å²) in [6.07, 6.45) is 0. The van der Waals surface area contributed by atoms with E-state index in [2.05, 4.69) is 10.3 Å². The second-order valence-electron chi connectivity index (χ2n) is 4.32. The largest absolute Gasteiger partial charge is 0.398 e. The molecule has 0 fully saturated rings. The van der Waals surface area contributed by atoms with E-state index in [1.807, 2.05) is 0 Å². The molecule has 1 heterocycles. The van der Waals surface area contributed by atoms with E-state index in [0.29, 0.717) is 26.4 Å². The maximum absolute atomic E-state index is 12.2. The van der Waals surface area contributed by atoms with Crippen molar-refractivity contribution in [3.05, 3.63) is 52.0 Å². The number of nitrogen functional groups attached to an aromatic ring is 1. The summed E-state index contributed by atoms with van der Waals surface area (Å²) in [4.78, 5) is 16.5. The summed E-state index contributed by atoms with van der Waals surface area (Å²) >= 11 is 13.2. The van der Waals surface area contributed by atoms with Gasteiger partial charge in [0.15, 0.2) is 5.13 Å². The van der Waals surface area contributed by atoms with E-state index in [0.717, 1.165) is 10.2 Å². The molecule has 3 aromatic rings. The molecule has 1 aromatic heterocycles. The van der Waals surface area contributed by atoms with Gasteiger partial charge < -0.3 is 5.73 Å². The normalized spacial score (nSPS) is 10.8. The Hall–Kier alpha value is -1.82. The van der Waals surface area contributed by atoms with Crippen molar-refractivity contribution in [2.75, 3.05) is 11.1 Å². The van der Waals surface area contributed by atoms with Crippen LogP contribution in [0.5, 0.6) is 0 Å². The molecule has 21 heavy (non-hydrogen) atoms. The molecule has 2 aromatic carbocycles. The first-order valence-corrected chi connectivity index (χ1v) is 7.52. The number of halogens is 2. The fourth-order valence-electron chi connectivity index (χ4n) is 1.84. The fourth-order valence-corrected chi connectivity index (χ4v) is 3.15. The molecule has 0 aliphatic heterocycles. The number of carbonyl (C=O) groups is 1. The zero-order chi connectivity index (χ0) is 15.0. The van der Waals surface area contributed by atoms with Crippen LogP contribution in [0, 0.1) is 0 Å². The van der Waals surface area contributed by atoms with Crippen molar-refractivity contribution in [2.45, 2.75) is 0 Å². The zero-order valence-corrected chi connectivity index (χ0v) is 12.9. The molecule has 0 saturated carbocycles. The Bertz CT molecular complexity index is 847. The van der Waals surface area contributed by atoms with Gasteiger partial charge in [0.05, 0.1) is 15.8 Å². The first-order valence-electron chi connectivity index (χ1n) is 5.95. The van der Waals surface area contributed by atoms with Crippen molar-refractivity contribution in [3.63, 3.8) is 0 Å². The zero-order valence-electron chi connectivity index (χ0n) is 10.6. The molecule has 0 atom stereocenters. The molecule has 0 radical (unpaired) electrons. The van der Waals surface area contributed by atoms with Crippen molar-refractivity contribution in [3.8, 4) is 0 Å². The van der Waals surface area contributed by atoms with E-state index < -0.39 is 0 Å². The lowest BCUT2D eigenvalue weighted by atomic mass is 10.2. The number of hydrogen-bond acceptors (Lipinski definition) is 4. The van der Waals surface area contributed by atoms with Gasteiger partial charge in [0.2, 0.25) is 0 Å². The summed E-state index contributed by atoms with van der Waals surface area (Å²) in [5.74, 6) is -0.347. The monoisotopic (exact) mass is 337 g/mol. The number of nitrogens with two attached hydrogens (primary N) is 1. The highest BCUT2D eigenvalue weighted by atomic mass is 35.5. The van der Waals surface area contributed by atoms with Gasteiger partial charge in [-0.1, -0.05) is 34.5 Å². The van der Waals surface area contributed by atoms with Gasteiger partial charge in [-0.3, -0.25) is 10.1 Å². The SMILES string of the molecule is Nc1ccc(Cl)cc1C(=O)Nc1nc2ccc(Cl)cc2s1. The average Bonchev–Trinajstić information content (AvgIpc) is 2.82. The van der Waals surface area contributed by atoms with Gasteiger partial charge in [-0.15, -0.1) is 0 Å². The van der Waals surface area contributed by atoms with Crippen LogP contribution in [0.3, 0.4) is 0 Å². The third kappa shape index (κ3) is 2.95. The predicted octanol–water partition coefficient (Wildman–Crippen LogP) is 4.44. The molecule has 0 aliphatic carbocycles. The number of carbonyl (C=O) groups excluding carboxylic acids is 1. The Morgan fingerprint density at radius 2 is 1.86 bits per heavy atom. The average molecular weight is 338 g/mol. The van der Waals surface area contributed by atoms with Gasteiger partial charge in [-0.05, 0) is 36.4 Å². The van der Waals surface area contributed by atoms with Crippen LogP contribution in [-0.2, 0) is 0 Å². The fraction of sp³-hybridized carbons (Fsp3) is 0. The summed E-state index contributed by atoms with van der Waals surface area (Å²) in [6, 6.07) is 10.1. The number of hydrogen-bond donors (Lipinski definition) is 2. The molecular formula is C14H9Cl2N3OS. The first-order chi connectivity index (χ1) is 10.0. The standard InChI is InChI=1S/C14H9Cl2N3OS/c15-7-1-3-10(17)9(5-7)13(20)19-14-18-11-4-2-8(16)6-12(11)21-14/h1-6H,17H2,(H,18,19,20). The van der Waals surface area contributed by atoms with Crippen molar-refractivity contribution in [1.29, 1.82) is 0 Å². The minimum absolute atomic E-state index is 0.319. The van der Waals surface area contributed by atoms with Crippen LogP contribution in [0.4, 0.5) is 10.8 Å². The molecule has 3 N–H and O–H groups in total. The van der Waals surface area contributed by atoms with Crippen LogP contribution in [0.25, 0.3) is 10.2 Å². The number of benzene rings is 2. The number of rotatable bonds is 2. The van der Waals surface area contributed by atoms with Crippen LogP contribution in [0.1, 0.15) is 10.4 Å². The lowest BCUT2D eigenvalue weighted by molar-refractivity contribution is 0.102. The first kappa shape index (κ1) is 14.1. The van der Waals surface area contributed by atoms with Crippen LogP contribution < -0.4 is 11.1 Å². The van der Waals surface area contributed by atoms with Crippen LogP contribution in [-0.4, -0.2) is 10.9 Å². The highest BCUT2D eigenvalue weighted by Crippen LogP contribution is 2.29. The molecule has 106 valence electrons. The van der Waals surface area contributed by atoms with E-state index in [-0.39, 0.29) is 5.91 Å². The topological polar surface area (TPSA) is 68.0 Å². The summed E-state index contributed by atoms with van der Waals surface area (Å²) in [6.45, 7) is 0. The van der Waals surface area contributed by atoms with Crippen molar-refractivity contribution in [1.82, 2.24) is 4.98 Å². The Labute approximate surface area is 134 Å². The lowest BCUT2D eigenvalue weighted by Crippen LogP contribution is -2.13. The minimum atomic E-state index is -0.347. The third-order valence-electron chi connectivity index (χ3n) is 2.83. The number of amides is 1. The second-order valence-corrected chi connectivity index (χ2v) is 6.22. The summed E-state index contributed by atoms with van der Waals surface area (Å²) in [5.41, 5.74) is 7.24. The molecular weight excluding hydrogens is 329 g/mol. The molecule has 0 bridgehead atoms. The lowest BCUT2D eigenvalue weighted by Gasteiger charge is -2.05. The maximum atomic E-state index is 12.2. The Balaban J connectivity index is 1.90. The van der Waals surface area contributed by atoms with E-state index >= 15 is 0 Å². The van der Waals surface area contributed by atoms with Gasteiger partial charge in [-0.2, -0.15) is 0 Å². The number of nitrogens with zero attached hydrogens (tertiary/aromatic N) is 1. The van der Waals surface area contributed by atoms with Crippen molar-refractivity contribution in [2.24, 2.45) is 0 Å². The molecule has 1 amide bonds. The van der Waals surface area contributed by atoms with E-state index in [1.54, 1.807) is 30.3 Å². The van der Waals surface area contributed by atoms with E-state index in [1.165, 1.54) is 17.4 Å². The number of anilines is 2.